The van der Waals surface area contributed by atoms with Gasteiger partial charge in [-0.2, -0.15) is 0 Å². The van der Waals surface area contributed by atoms with Gasteiger partial charge in [0.25, 0.3) is 5.56 Å². The van der Waals surface area contributed by atoms with Gasteiger partial charge in [0.15, 0.2) is 0 Å². The number of aromatic nitrogens is 2. The Balaban J connectivity index is 1.79. The van der Waals surface area contributed by atoms with Gasteiger partial charge in [0, 0.05) is 12.0 Å². The lowest BCUT2D eigenvalue weighted by Gasteiger charge is -2.16. The van der Waals surface area contributed by atoms with Crippen LogP contribution >= 0.6 is 0 Å². The van der Waals surface area contributed by atoms with Crippen molar-refractivity contribution < 1.29 is 14.6 Å². The number of nitrogens with one attached hydrogen (secondary N) is 2. The number of hydrogen-bond donors (Lipinski definition) is 3. The second kappa shape index (κ2) is 4.65. The van der Waals surface area contributed by atoms with Crippen LogP contribution < -0.4 is 10.9 Å². The van der Waals surface area contributed by atoms with Gasteiger partial charge >= 0.3 is 5.97 Å². The molecule has 2 heterocycles. The maximum atomic E-state index is 11.5. The molecule has 0 spiro atoms. The molecule has 2 aliphatic rings. The average molecular weight is 265 g/mol. The fourth-order valence-corrected chi connectivity index (χ4v) is 2.23. The van der Waals surface area contributed by atoms with E-state index in [1.165, 1.54) is 6.07 Å². The summed E-state index contributed by atoms with van der Waals surface area (Å²) in [5, 5.41) is 12.1. The molecule has 1 aliphatic heterocycles. The maximum Gasteiger partial charge on any atom is 0.311 e. The molecule has 2 unspecified atom stereocenters. The summed E-state index contributed by atoms with van der Waals surface area (Å²) in [5.41, 5.74) is -0.217. The first kappa shape index (κ1) is 12.2. The van der Waals surface area contributed by atoms with Crippen molar-refractivity contribution in [3.63, 3.8) is 0 Å². The molecular weight excluding hydrogens is 250 g/mol. The van der Waals surface area contributed by atoms with E-state index < -0.39 is 11.9 Å². The van der Waals surface area contributed by atoms with Crippen molar-refractivity contribution in [2.45, 2.75) is 24.8 Å². The van der Waals surface area contributed by atoms with Crippen molar-refractivity contribution in [2.75, 3.05) is 18.5 Å². The molecule has 102 valence electrons. The van der Waals surface area contributed by atoms with Crippen molar-refractivity contribution in [1.29, 1.82) is 0 Å². The van der Waals surface area contributed by atoms with Crippen molar-refractivity contribution in [2.24, 2.45) is 5.92 Å². The predicted molar refractivity (Wildman–Crippen MR) is 66.2 cm³/mol. The van der Waals surface area contributed by atoms with Gasteiger partial charge in [0.05, 0.1) is 19.3 Å². The molecule has 0 aromatic carbocycles. The molecule has 1 aromatic heterocycles. The minimum atomic E-state index is -0.901. The number of aromatic amines is 1. The summed E-state index contributed by atoms with van der Waals surface area (Å²) in [6, 6.07) is 1.00. The number of rotatable bonds is 4. The Morgan fingerprint density at radius 3 is 2.95 bits per heavy atom. The van der Waals surface area contributed by atoms with E-state index in [9.17, 15) is 9.59 Å². The van der Waals surface area contributed by atoms with Gasteiger partial charge in [-0.3, -0.25) is 9.59 Å². The summed E-state index contributed by atoms with van der Waals surface area (Å²) < 4.78 is 5.17. The van der Waals surface area contributed by atoms with Crippen molar-refractivity contribution in [3.05, 3.63) is 22.2 Å². The minimum absolute atomic E-state index is 0.186. The van der Waals surface area contributed by atoms with E-state index in [0.717, 1.165) is 12.8 Å². The van der Waals surface area contributed by atoms with Crippen LogP contribution in [0.5, 0.6) is 0 Å². The third-order valence-corrected chi connectivity index (χ3v) is 3.46. The lowest BCUT2D eigenvalue weighted by Crippen LogP contribution is -2.34. The SMILES string of the molecule is O=C(O)C1COCC1Nc1cc(=O)[nH]c(C2CC2)n1. The van der Waals surface area contributed by atoms with Gasteiger partial charge < -0.3 is 20.1 Å². The zero-order valence-electron chi connectivity index (χ0n) is 10.3. The fraction of sp³-hybridized carbons (Fsp3) is 0.583. The molecule has 3 N–H and O–H groups in total. The summed E-state index contributed by atoms with van der Waals surface area (Å²) in [6.45, 7) is 0.496. The second-order valence-electron chi connectivity index (χ2n) is 5.02. The van der Waals surface area contributed by atoms with E-state index >= 15 is 0 Å². The molecule has 19 heavy (non-hydrogen) atoms. The molecule has 7 nitrogen and oxygen atoms in total. The second-order valence-corrected chi connectivity index (χ2v) is 5.02. The molecule has 2 atom stereocenters. The van der Waals surface area contributed by atoms with Crippen molar-refractivity contribution >= 4 is 11.8 Å². The number of H-pyrrole nitrogens is 1. The van der Waals surface area contributed by atoms with Crippen LogP contribution in [0, 0.1) is 5.92 Å². The highest BCUT2D eigenvalue weighted by molar-refractivity contribution is 5.72. The van der Waals surface area contributed by atoms with E-state index in [-0.39, 0.29) is 18.2 Å². The number of nitrogens with zero attached hydrogens (tertiary/aromatic N) is 1. The monoisotopic (exact) mass is 265 g/mol. The number of hydrogen-bond acceptors (Lipinski definition) is 5. The molecule has 0 radical (unpaired) electrons. The zero-order chi connectivity index (χ0) is 13.4. The number of anilines is 1. The highest BCUT2D eigenvalue weighted by Gasteiger charge is 2.34. The molecule has 3 rings (SSSR count). The minimum Gasteiger partial charge on any atom is -0.481 e. The highest BCUT2D eigenvalue weighted by atomic mass is 16.5. The molecule has 1 saturated heterocycles. The first-order valence-electron chi connectivity index (χ1n) is 6.32. The highest BCUT2D eigenvalue weighted by Crippen LogP contribution is 2.37. The topological polar surface area (TPSA) is 104 Å². The average Bonchev–Trinajstić information content (AvgIpc) is 3.09. The Labute approximate surface area is 109 Å². The third kappa shape index (κ3) is 2.60. The van der Waals surface area contributed by atoms with Crippen LogP contribution in [-0.2, 0) is 9.53 Å². The van der Waals surface area contributed by atoms with Crippen LogP contribution in [0.3, 0.4) is 0 Å². The van der Waals surface area contributed by atoms with E-state index in [2.05, 4.69) is 15.3 Å². The van der Waals surface area contributed by atoms with Gasteiger partial charge in [-0.05, 0) is 12.8 Å². The Kier molecular flexibility index (Phi) is 2.98. The Hall–Kier alpha value is -1.89. The van der Waals surface area contributed by atoms with E-state index in [1.807, 2.05) is 0 Å². The lowest BCUT2D eigenvalue weighted by atomic mass is 10.0. The Morgan fingerprint density at radius 2 is 2.26 bits per heavy atom. The summed E-state index contributed by atoms with van der Waals surface area (Å²) >= 11 is 0. The molecule has 0 amide bonds. The number of carboxylic acid groups (broad SMARTS) is 1. The summed E-state index contributed by atoms with van der Waals surface area (Å²) in [7, 11) is 0. The van der Waals surface area contributed by atoms with Crippen LogP contribution in [-0.4, -0.2) is 40.3 Å². The van der Waals surface area contributed by atoms with Gasteiger partial charge in [-0.1, -0.05) is 0 Å². The smallest absolute Gasteiger partial charge is 0.311 e. The Morgan fingerprint density at radius 1 is 1.47 bits per heavy atom. The number of ether oxygens (including phenoxy) is 1. The predicted octanol–water partition coefficient (Wildman–Crippen LogP) is 0.159. The molecule has 1 aromatic rings. The lowest BCUT2D eigenvalue weighted by molar-refractivity contribution is -0.141. The molecular formula is C12H15N3O4. The maximum absolute atomic E-state index is 11.5. The first-order valence-corrected chi connectivity index (χ1v) is 6.32. The quantitative estimate of drug-likeness (QED) is 0.716. The zero-order valence-corrected chi connectivity index (χ0v) is 10.3. The first-order chi connectivity index (χ1) is 9.13. The molecule has 7 heteroatoms. The number of aliphatic carboxylic acids is 1. The van der Waals surface area contributed by atoms with E-state index in [0.29, 0.717) is 24.2 Å². The number of carboxylic acids is 1. The summed E-state index contributed by atoms with van der Waals surface area (Å²) in [6.07, 6.45) is 2.08. The molecule has 1 aliphatic carbocycles. The normalized spacial score (nSPS) is 26.3. The van der Waals surface area contributed by atoms with Gasteiger partial charge in [0.2, 0.25) is 0 Å². The molecule has 2 fully saturated rings. The van der Waals surface area contributed by atoms with Crippen LogP contribution in [0.15, 0.2) is 10.9 Å². The largest absolute Gasteiger partial charge is 0.481 e. The van der Waals surface area contributed by atoms with E-state index in [4.69, 9.17) is 9.84 Å². The standard InChI is InChI=1S/C12H15N3O4/c16-10-3-9(14-11(15-10)6-1-2-6)13-8-5-19-4-7(8)12(17)18/h3,6-8H,1-2,4-5H2,(H,17,18)(H2,13,14,15,16). The Bertz CT molecular complexity index is 552. The van der Waals surface area contributed by atoms with Crippen LogP contribution in [0.25, 0.3) is 0 Å². The van der Waals surface area contributed by atoms with E-state index in [1.54, 1.807) is 0 Å². The molecule has 0 bridgehead atoms. The third-order valence-electron chi connectivity index (χ3n) is 3.46. The van der Waals surface area contributed by atoms with Gasteiger partial charge in [0.1, 0.15) is 17.6 Å². The summed E-state index contributed by atoms with van der Waals surface area (Å²) in [5.74, 6) is -0.0644. The van der Waals surface area contributed by atoms with Crippen LogP contribution in [0.1, 0.15) is 24.6 Å². The number of carbonyl (C=O) groups is 1. The molecule has 1 saturated carbocycles. The van der Waals surface area contributed by atoms with Crippen LogP contribution in [0.4, 0.5) is 5.82 Å². The van der Waals surface area contributed by atoms with Crippen molar-refractivity contribution in [3.8, 4) is 0 Å². The summed E-state index contributed by atoms with van der Waals surface area (Å²) in [4.78, 5) is 29.6. The van der Waals surface area contributed by atoms with Crippen molar-refractivity contribution in [1.82, 2.24) is 9.97 Å². The van der Waals surface area contributed by atoms with Gasteiger partial charge in [-0.25, -0.2) is 4.98 Å². The van der Waals surface area contributed by atoms with Gasteiger partial charge in [-0.15, -0.1) is 0 Å². The fourth-order valence-electron chi connectivity index (χ4n) is 2.23. The van der Waals surface area contributed by atoms with Crippen LogP contribution in [0.2, 0.25) is 0 Å².